The molecule has 3 N–H and O–H groups in total. The Labute approximate surface area is 368 Å². The average molecular weight is 900 g/mol. The molecule has 3 fully saturated rings. The van der Waals surface area contributed by atoms with E-state index in [1.54, 1.807) is 18.3 Å². The molecule has 1 saturated carbocycles. The summed E-state index contributed by atoms with van der Waals surface area (Å²) in [4.78, 5) is 36.3. The van der Waals surface area contributed by atoms with Gasteiger partial charge in [-0.2, -0.15) is 0 Å². The first-order valence-corrected chi connectivity index (χ1v) is 23.0. The Morgan fingerprint density at radius 1 is 1.05 bits per heavy atom. The molecule has 5 aromatic rings. The SMILES string of the molecule is O=C(NS(=O)(=O)c1ccc(NC[C@H]2COCCO2)c([N+](=O)[O-])c1)c1ccc(N2CCN(CC3=C(c4ccc(Cl)cc4)CC4(CCC4)CC3)CC2)c(F)c1Oc1cnc2[nH]ccc2c1. The fourth-order valence-corrected chi connectivity index (χ4v) is 10.2. The van der Waals surface area contributed by atoms with Crippen LogP contribution in [0, 0.1) is 21.3 Å². The Kier molecular flexibility index (Phi) is 12.1. The smallest absolute Gasteiger partial charge is 0.293 e. The van der Waals surface area contributed by atoms with Crippen molar-refractivity contribution in [2.75, 3.05) is 69.3 Å². The first kappa shape index (κ1) is 42.7. The molecule has 2 aliphatic carbocycles. The molecular weight excluding hydrogens is 853 g/mol. The van der Waals surface area contributed by atoms with E-state index in [0.29, 0.717) is 67.5 Å². The molecule has 0 bridgehead atoms. The molecule has 1 amide bonds. The van der Waals surface area contributed by atoms with Crippen LogP contribution in [0.3, 0.4) is 0 Å². The van der Waals surface area contributed by atoms with E-state index in [1.165, 1.54) is 66.8 Å². The van der Waals surface area contributed by atoms with Gasteiger partial charge in [0.2, 0.25) is 0 Å². The molecule has 2 aliphatic heterocycles. The van der Waals surface area contributed by atoms with E-state index in [0.717, 1.165) is 31.5 Å². The second kappa shape index (κ2) is 17.9. The van der Waals surface area contributed by atoms with Crippen LogP contribution in [0.1, 0.15) is 54.4 Å². The Morgan fingerprint density at radius 3 is 2.59 bits per heavy atom. The zero-order valence-electron chi connectivity index (χ0n) is 34.4. The monoisotopic (exact) mass is 899 g/mol. The van der Waals surface area contributed by atoms with Crippen LogP contribution in [-0.4, -0.2) is 99.3 Å². The zero-order valence-corrected chi connectivity index (χ0v) is 36.0. The molecule has 1 atom stereocenters. The van der Waals surface area contributed by atoms with E-state index in [2.05, 4.69) is 32.3 Å². The number of fused-ring (bicyclic) bond motifs is 1. The highest BCUT2D eigenvalue weighted by Gasteiger charge is 2.41. The number of carbonyl (C=O) groups excluding carboxylic acids is 1. The number of hydrogen-bond acceptors (Lipinski definition) is 12. The highest BCUT2D eigenvalue weighted by Crippen LogP contribution is 2.55. The summed E-state index contributed by atoms with van der Waals surface area (Å²) >= 11 is 6.26. The lowest BCUT2D eigenvalue weighted by Gasteiger charge is -2.47. The normalized spacial score (nSPS) is 19.2. The summed E-state index contributed by atoms with van der Waals surface area (Å²) in [5.41, 5.74) is 4.34. The van der Waals surface area contributed by atoms with Crippen molar-refractivity contribution in [3.05, 3.63) is 117 Å². The average Bonchev–Trinajstić information content (AvgIpc) is 3.75. The number of nitrogens with zero attached hydrogens (tertiary/aromatic N) is 4. The van der Waals surface area contributed by atoms with Gasteiger partial charge in [-0.15, -0.1) is 0 Å². The minimum atomic E-state index is -4.71. The van der Waals surface area contributed by atoms with E-state index >= 15 is 4.39 Å². The van der Waals surface area contributed by atoms with Crippen LogP contribution in [0.15, 0.2) is 89.6 Å². The van der Waals surface area contributed by atoms with Crippen LogP contribution in [0.2, 0.25) is 5.02 Å². The number of amides is 1. The number of allylic oxidation sites excluding steroid dienone is 1. The summed E-state index contributed by atoms with van der Waals surface area (Å²) in [6.07, 6.45) is 9.83. The summed E-state index contributed by atoms with van der Waals surface area (Å²) in [6.45, 7) is 4.43. The van der Waals surface area contributed by atoms with E-state index in [1.807, 2.05) is 21.8 Å². The summed E-state index contributed by atoms with van der Waals surface area (Å²) in [7, 11) is -4.71. The van der Waals surface area contributed by atoms with E-state index in [9.17, 15) is 23.3 Å². The van der Waals surface area contributed by atoms with Gasteiger partial charge in [-0.3, -0.25) is 19.8 Å². The number of sulfonamides is 1. The van der Waals surface area contributed by atoms with Gasteiger partial charge in [-0.1, -0.05) is 35.7 Å². The maximum atomic E-state index is 17.0. The fourth-order valence-electron chi connectivity index (χ4n) is 9.06. The Morgan fingerprint density at radius 2 is 1.86 bits per heavy atom. The Hall–Kier alpha value is -5.59. The third-order valence-corrected chi connectivity index (χ3v) is 14.3. The second-order valence-corrected chi connectivity index (χ2v) is 18.8. The molecular formula is C45H47ClFN7O8S. The van der Waals surface area contributed by atoms with Crippen molar-refractivity contribution < 1.29 is 36.7 Å². The summed E-state index contributed by atoms with van der Waals surface area (Å²) < 4.78 is 63.3. The van der Waals surface area contributed by atoms with E-state index < -0.39 is 48.6 Å². The van der Waals surface area contributed by atoms with Gasteiger partial charge >= 0.3 is 0 Å². The number of ether oxygens (including phenoxy) is 3. The minimum absolute atomic E-state index is 0.0530. The number of hydrogen-bond donors (Lipinski definition) is 3. The fraction of sp³-hybridized carbons (Fsp3) is 0.378. The number of halogens is 2. The quantitative estimate of drug-likeness (QED) is 0.0768. The van der Waals surface area contributed by atoms with Crippen LogP contribution in [0.25, 0.3) is 16.6 Å². The minimum Gasteiger partial charge on any atom is -0.452 e. The number of aromatic nitrogens is 2. The third kappa shape index (κ3) is 9.24. The van der Waals surface area contributed by atoms with Crippen molar-refractivity contribution in [2.45, 2.75) is 49.5 Å². The number of anilines is 2. The highest BCUT2D eigenvalue weighted by molar-refractivity contribution is 7.90. The molecule has 18 heteroatoms. The highest BCUT2D eigenvalue weighted by atomic mass is 35.5. The first-order chi connectivity index (χ1) is 30.4. The van der Waals surface area contributed by atoms with Crippen molar-refractivity contribution >= 4 is 61.2 Å². The number of nitrogens with one attached hydrogen (secondary N) is 3. The van der Waals surface area contributed by atoms with Crippen molar-refractivity contribution in [1.82, 2.24) is 19.6 Å². The number of pyridine rings is 1. The van der Waals surface area contributed by atoms with Gasteiger partial charge in [0.15, 0.2) is 11.6 Å². The van der Waals surface area contributed by atoms with Crippen LogP contribution < -0.4 is 19.7 Å². The number of benzene rings is 3. The molecule has 4 heterocycles. The molecule has 1 spiro atoms. The number of nitro benzene ring substituents is 1. The van der Waals surface area contributed by atoms with Gasteiger partial charge in [0, 0.05) is 61.9 Å². The molecule has 9 rings (SSSR count). The standard InChI is InChI=1S/C45H47ClFN7O8S/c46-32-4-2-29(3-5-32)37-24-45(12-1-13-45)14-10-31(37)27-52-16-18-53(19-17-52)39-9-7-36(42(41(39)47)62-33-22-30-11-15-48-43(30)50-25-33)44(55)51-63(58,59)35-6-8-38(40(23-35)54(56)57)49-26-34-28-60-20-21-61-34/h2-9,11,15,22-23,25,34,49H,1,10,12-14,16-21,24,26-28H2,(H,48,50)(H,51,55)/t34-/m0/s1. The summed E-state index contributed by atoms with van der Waals surface area (Å²) in [6, 6.07) is 17.5. The Balaban J connectivity index is 0.945. The van der Waals surface area contributed by atoms with Crippen molar-refractivity contribution in [3.63, 3.8) is 0 Å². The third-order valence-electron chi connectivity index (χ3n) is 12.7. The molecule has 2 aromatic heterocycles. The van der Waals surface area contributed by atoms with Gasteiger partial charge in [0.1, 0.15) is 17.1 Å². The molecule has 15 nitrogen and oxygen atoms in total. The van der Waals surface area contributed by atoms with E-state index in [-0.39, 0.29) is 29.8 Å². The second-order valence-electron chi connectivity index (χ2n) is 16.7. The van der Waals surface area contributed by atoms with Gasteiger partial charge in [0.25, 0.3) is 21.6 Å². The van der Waals surface area contributed by atoms with Gasteiger partial charge in [-0.05, 0) is 97.2 Å². The molecule has 63 heavy (non-hydrogen) atoms. The van der Waals surface area contributed by atoms with Gasteiger partial charge in [-0.25, -0.2) is 22.5 Å². The number of carbonyl (C=O) groups is 1. The summed E-state index contributed by atoms with van der Waals surface area (Å²) in [5.74, 6) is -2.43. The lowest BCUT2D eigenvalue weighted by atomic mass is 9.59. The lowest BCUT2D eigenvalue weighted by Crippen LogP contribution is -2.47. The van der Waals surface area contributed by atoms with Crippen LogP contribution in [0.5, 0.6) is 11.5 Å². The van der Waals surface area contributed by atoms with Crippen molar-refractivity contribution in [1.29, 1.82) is 0 Å². The Bertz CT molecular complexity index is 2680. The molecule has 4 aliphatic rings. The molecule has 2 saturated heterocycles. The number of rotatable bonds is 13. The van der Waals surface area contributed by atoms with Gasteiger partial charge < -0.3 is 29.4 Å². The number of H-pyrrole nitrogens is 1. The number of nitro groups is 1. The lowest BCUT2D eigenvalue weighted by molar-refractivity contribution is -0.384. The van der Waals surface area contributed by atoms with Crippen molar-refractivity contribution in [2.24, 2.45) is 5.41 Å². The van der Waals surface area contributed by atoms with Crippen LogP contribution >= 0.6 is 11.6 Å². The topological polar surface area (TPSA) is 181 Å². The maximum Gasteiger partial charge on any atom is 0.293 e. The first-order valence-electron chi connectivity index (χ1n) is 21.1. The molecule has 0 unspecified atom stereocenters. The van der Waals surface area contributed by atoms with Crippen LogP contribution in [0.4, 0.5) is 21.5 Å². The predicted molar refractivity (Wildman–Crippen MR) is 237 cm³/mol. The predicted octanol–water partition coefficient (Wildman–Crippen LogP) is 7.93. The maximum absolute atomic E-state index is 17.0. The molecule has 3 aromatic carbocycles. The number of piperazine rings is 1. The van der Waals surface area contributed by atoms with Crippen LogP contribution in [-0.2, 0) is 19.5 Å². The van der Waals surface area contributed by atoms with Gasteiger partial charge in [0.05, 0.1) is 53.2 Å². The van der Waals surface area contributed by atoms with E-state index in [4.69, 9.17) is 25.8 Å². The molecule has 0 radical (unpaired) electrons. The molecule has 330 valence electrons. The largest absolute Gasteiger partial charge is 0.452 e. The number of aromatic amines is 1. The zero-order chi connectivity index (χ0) is 43.7. The van der Waals surface area contributed by atoms with Crippen molar-refractivity contribution in [3.8, 4) is 11.5 Å². The summed E-state index contributed by atoms with van der Waals surface area (Å²) in [5, 5.41) is 16.3.